The van der Waals surface area contributed by atoms with Crippen molar-refractivity contribution in [1.82, 2.24) is 15.0 Å². The monoisotopic (exact) mass is 420 g/mol. The zero-order chi connectivity index (χ0) is 21.9. The van der Waals surface area contributed by atoms with E-state index >= 15 is 0 Å². The van der Waals surface area contributed by atoms with Gasteiger partial charge in [0.15, 0.2) is 5.82 Å². The molecule has 1 unspecified atom stereocenters. The minimum atomic E-state index is -0.426. The summed E-state index contributed by atoms with van der Waals surface area (Å²) in [6.45, 7) is 19.2. The second-order valence-electron chi connectivity index (χ2n) is 10.3. The van der Waals surface area contributed by atoms with Crippen molar-refractivity contribution in [3.63, 3.8) is 0 Å². The van der Waals surface area contributed by atoms with Crippen molar-refractivity contribution in [1.29, 1.82) is 0 Å². The lowest BCUT2D eigenvalue weighted by Gasteiger charge is -2.39. The summed E-state index contributed by atoms with van der Waals surface area (Å²) in [4.78, 5) is 19.0. The van der Waals surface area contributed by atoms with Gasteiger partial charge in [0.25, 0.3) is 0 Å². The lowest BCUT2D eigenvalue weighted by Crippen LogP contribution is -2.49. The van der Waals surface area contributed by atoms with Crippen LogP contribution in [-0.4, -0.2) is 72.5 Å². The fourth-order valence-electron chi connectivity index (χ4n) is 4.12. The summed E-state index contributed by atoms with van der Waals surface area (Å²) < 4.78 is 11.1. The standard InChI is InChI=1S/C23H40N4O3/c1-17(2)18(3)20-15-21(24-30-20)26-13-11-25(12-14-26)16-19-7-9-27(10-8-19)22(28)29-23(4,5)6/h15,17-19H,7-14,16H2,1-6H3. The van der Waals surface area contributed by atoms with Gasteiger partial charge in [-0.1, -0.05) is 25.9 Å². The van der Waals surface area contributed by atoms with Crippen LogP contribution in [0.25, 0.3) is 0 Å². The molecule has 7 heteroatoms. The molecule has 0 radical (unpaired) electrons. The molecule has 3 rings (SSSR count). The van der Waals surface area contributed by atoms with E-state index in [1.54, 1.807) is 0 Å². The Labute approximate surface area is 181 Å². The van der Waals surface area contributed by atoms with Crippen LogP contribution in [0.5, 0.6) is 0 Å². The highest BCUT2D eigenvalue weighted by atomic mass is 16.6. The Morgan fingerprint density at radius 1 is 1.13 bits per heavy atom. The molecule has 1 atom stereocenters. The molecule has 2 fully saturated rings. The Morgan fingerprint density at radius 2 is 1.77 bits per heavy atom. The fraction of sp³-hybridized carbons (Fsp3) is 0.826. The summed E-state index contributed by atoms with van der Waals surface area (Å²) in [5.74, 6) is 3.55. The quantitative estimate of drug-likeness (QED) is 0.711. The van der Waals surface area contributed by atoms with Gasteiger partial charge in [-0.15, -0.1) is 0 Å². The van der Waals surface area contributed by atoms with Gasteiger partial charge in [-0.3, -0.25) is 4.90 Å². The number of hydrogen-bond donors (Lipinski definition) is 0. The highest BCUT2D eigenvalue weighted by Crippen LogP contribution is 2.28. The SMILES string of the molecule is CC(C)C(C)c1cc(N2CCN(CC3CCN(C(=O)OC(C)(C)C)CC3)CC2)no1. The first-order chi connectivity index (χ1) is 14.1. The van der Waals surface area contributed by atoms with E-state index in [0.717, 1.165) is 70.2 Å². The molecule has 0 bridgehead atoms. The van der Waals surface area contributed by atoms with Crippen molar-refractivity contribution in [2.75, 3.05) is 50.7 Å². The Kier molecular flexibility index (Phi) is 7.32. The molecule has 1 aromatic heterocycles. The van der Waals surface area contributed by atoms with Crippen LogP contribution in [0.4, 0.5) is 10.6 Å². The minimum absolute atomic E-state index is 0.173. The van der Waals surface area contributed by atoms with Gasteiger partial charge in [0.1, 0.15) is 11.4 Å². The summed E-state index contributed by atoms with van der Waals surface area (Å²) in [5, 5.41) is 4.32. The third-order valence-corrected chi connectivity index (χ3v) is 6.44. The molecule has 0 aliphatic carbocycles. The predicted molar refractivity (Wildman–Crippen MR) is 119 cm³/mol. The van der Waals surface area contributed by atoms with Gasteiger partial charge < -0.3 is 19.1 Å². The van der Waals surface area contributed by atoms with E-state index in [0.29, 0.717) is 17.8 Å². The van der Waals surface area contributed by atoms with E-state index in [1.807, 2.05) is 25.7 Å². The highest BCUT2D eigenvalue weighted by molar-refractivity contribution is 5.68. The molecule has 0 aromatic carbocycles. The largest absolute Gasteiger partial charge is 0.444 e. The van der Waals surface area contributed by atoms with E-state index in [1.165, 1.54) is 0 Å². The Morgan fingerprint density at radius 3 is 2.33 bits per heavy atom. The summed E-state index contributed by atoms with van der Waals surface area (Å²) in [6.07, 6.45) is 1.94. The van der Waals surface area contributed by atoms with E-state index in [4.69, 9.17) is 9.26 Å². The number of aromatic nitrogens is 1. The number of carbonyl (C=O) groups excluding carboxylic acids is 1. The average Bonchev–Trinajstić information content (AvgIpc) is 3.17. The zero-order valence-electron chi connectivity index (χ0n) is 19.7. The number of anilines is 1. The van der Waals surface area contributed by atoms with Crippen LogP contribution < -0.4 is 4.90 Å². The van der Waals surface area contributed by atoms with Crippen molar-refractivity contribution >= 4 is 11.9 Å². The number of amides is 1. The summed E-state index contributed by atoms with van der Waals surface area (Å²) in [6, 6.07) is 2.12. The highest BCUT2D eigenvalue weighted by Gasteiger charge is 2.29. The topological polar surface area (TPSA) is 62.0 Å². The van der Waals surface area contributed by atoms with Gasteiger partial charge in [-0.05, 0) is 45.4 Å². The smallest absolute Gasteiger partial charge is 0.410 e. The maximum absolute atomic E-state index is 12.2. The molecule has 0 N–H and O–H groups in total. The number of rotatable bonds is 5. The molecule has 1 aromatic rings. The van der Waals surface area contributed by atoms with Gasteiger partial charge in [-0.25, -0.2) is 4.79 Å². The summed E-state index contributed by atoms with van der Waals surface area (Å²) >= 11 is 0. The maximum atomic E-state index is 12.2. The predicted octanol–water partition coefficient (Wildman–Crippen LogP) is 4.20. The Bertz CT molecular complexity index is 681. The third-order valence-electron chi connectivity index (χ3n) is 6.44. The van der Waals surface area contributed by atoms with Gasteiger partial charge in [-0.2, -0.15) is 0 Å². The number of piperazine rings is 1. The van der Waals surface area contributed by atoms with Crippen molar-refractivity contribution in [2.24, 2.45) is 11.8 Å². The lowest BCUT2D eigenvalue weighted by atomic mass is 9.95. The van der Waals surface area contributed by atoms with Crippen molar-refractivity contribution < 1.29 is 14.1 Å². The first-order valence-electron chi connectivity index (χ1n) is 11.5. The minimum Gasteiger partial charge on any atom is -0.444 e. The molecule has 3 heterocycles. The van der Waals surface area contributed by atoms with Crippen molar-refractivity contribution in [2.45, 2.75) is 65.9 Å². The van der Waals surface area contributed by atoms with Crippen LogP contribution in [0.3, 0.4) is 0 Å². The number of ether oxygens (including phenoxy) is 1. The zero-order valence-corrected chi connectivity index (χ0v) is 19.7. The molecule has 0 spiro atoms. The Hall–Kier alpha value is -1.76. The molecule has 1 amide bonds. The van der Waals surface area contributed by atoms with Crippen molar-refractivity contribution in [3.05, 3.63) is 11.8 Å². The van der Waals surface area contributed by atoms with Crippen LogP contribution in [-0.2, 0) is 4.74 Å². The number of likely N-dealkylation sites (tertiary alicyclic amines) is 1. The van der Waals surface area contributed by atoms with Crippen LogP contribution in [0, 0.1) is 11.8 Å². The van der Waals surface area contributed by atoms with Gasteiger partial charge in [0.05, 0.1) is 0 Å². The lowest BCUT2D eigenvalue weighted by molar-refractivity contribution is 0.0169. The van der Waals surface area contributed by atoms with E-state index in [2.05, 4.69) is 41.8 Å². The molecular formula is C23H40N4O3. The number of carbonyl (C=O) groups is 1. The molecule has 170 valence electrons. The molecular weight excluding hydrogens is 380 g/mol. The van der Waals surface area contributed by atoms with Crippen LogP contribution in [0.15, 0.2) is 10.6 Å². The Balaban J connectivity index is 1.40. The molecule has 0 saturated carbocycles. The summed E-state index contributed by atoms with van der Waals surface area (Å²) in [7, 11) is 0. The maximum Gasteiger partial charge on any atom is 0.410 e. The fourth-order valence-corrected chi connectivity index (χ4v) is 4.12. The number of piperidine rings is 1. The molecule has 30 heavy (non-hydrogen) atoms. The first-order valence-corrected chi connectivity index (χ1v) is 11.5. The molecule has 7 nitrogen and oxygen atoms in total. The normalized spacial score (nSPS) is 20.6. The van der Waals surface area contributed by atoms with Gasteiger partial charge >= 0.3 is 6.09 Å². The van der Waals surface area contributed by atoms with Gasteiger partial charge in [0, 0.05) is 57.8 Å². The summed E-state index contributed by atoms with van der Waals surface area (Å²) in [5.41, 5.74) is -0.426. The van der Waals surface area contributed by atoms with Crippen LogP contribution in [0.1, 0.15) is 66.1 Å². The number of nitrogens with zero attached hydrogens (tertiary/aromatic N) is 4. The third kappa shape index (κ3) is 6.13. The van der Waals surface area contributed by atoms with E-state index in [9.17, 15) is 4.79 Å². The number of hydrogen-bond acceptors (Lipinski definition) is 6. The molecule has 2 aliphatic heterocycles. The van der Waals surface area contributed by atoms with E-state index < -0.39 is 5.60 Å². The van der Waals surface area contributed by atoms with E-state index in [-0.39, 0.29) is 6.09 Å². The second-order valence-corrected chi connectivity index (χ2v) is 10.3. The van der Waals surface area contributed by atoms with Crippen molar-refractivity contribution in [3.8, 4) is 0 Å². The van der Waals surface area contributed by atoms with Crippen LogP contribution in [0.2, 0.25) is 0 Å². The van der Waals surface area contributed by atoms with Gasteiger partial charge in [0.2, 0.25) is 0 Å². The molecule has 2 saturated heterocycles. The second kappa shape index (κ2) is 9.58. The molecule has 2 aliphatic rings. The average molecular weight is 421 g/mol. The van der Waals surface area contributed by atoms with Crippen LogP contribution >= 0.6 is 0 Å². The first kappa shape index (κ1) is 22.9.